The predicted octanol–water partition coefficient (Wildman–Crippen LogP) is 2.82. The highest BCUT2D eigenvalue weighted by molar-refractivity contribution is 7.89. The van der Waals surface area contributed by atoms with Crippen LogP contribution in [0.2, 0.25) is 5.02 Å². The van der Waals surface area contributed by atoms with E-state index in [2.05, 4.69) is 4.72 Å². The summed E-state index contributed by atoms with van der Waals surface area (Å²) in [6.45, 7) is 1.83. The fraction of sp³-hybridized carbons (Fsp3) is 0.500. The van der Waals surface area contributed by atoms with Crippen LogP contribution in [0.25, 0.3) is 0 Å². The van der Waals surface area contributed by atoms with Crippen molar-refractivity contribution < 1.29 is 8.42 Å². The van der Waals surface area contributed by atoms with Crippen LogP contribution in [0.4, 0.5) is 0 Å². The molecule has 0 amide bonds. The van der Waals surface area contributed by atoms with Gasteiger partial charge in [0.15, 0.2) is 0 Å². The third kappa shape index (κ3) is 6.05. The molecule has 1 N–H and O–H groups in total. The van der Waals surface area contributed by atoms with Crippen molar-refractivity contribution in [3.63, 3.8) is 0 Å². The van der Waals surface area contributed by atoms with Gasteiger partial charge in [0.2, 0.25) is 10.0 Å². The molecule has 102 valence electrons. The van der Waals surface area contributed by atoms with E-state index in [1.54, 1.807) is 6.07 Å². The summed E-state index contributed by atoms with van der Waals surface area (Å²) >= 11 is 11.4. The van der Waals surface area contributed by atoms with Crippen LogP contribution >= 0.6 is 23.2 Å². The normalized spacial score (nSPS) is 13.5. The largest absolute Gasteiger partial charge is 0.212 e. The topological polar surface area (TPSA) is 46.2 Å². The van der Waals surface area contributed by atoms with Crippen molar-refractivity contribution in [2.45, 2.75) is 25.8 Å². The van der Waals surface area contributed by atoms with Crippen molar-refractivity contribution in [1.82, 2.24) is 4.72 Å². The molecule has 1 atom stereocenters. The maximum atomic E-state index is 11.7. The molecule has 1 unspecified atom stereocenters. The number of benzene rings is 1. The highest BCUT2D eigenvalue weighted by atomic mass is 35.5. The Morgan fingerprint density at radius 3 is 2.72 bits per heavy atom. The summed E-state index contributed by atoms with van der Waals surface area (Å²) in [4.78, 5) is 0. The van der Waals surface area contributed by atoms with Crippen LogP contribution in [0.1, 0.15) is 18.9 Å². The quantitative estimate of drug-likeness (QED) is 0.787. The van der Waals surface area contributed by atoms with E-state index in [1.165, 1.54) is 0 Å². The Morgan fingerprint density at radius 1 is 1.39 bits per heavy atom. The highest BCUT2D eigenvalue weighted by Gasteiger charge is 2.14. The number of alkyl halides is 1. The van der Waals surface area contributed by atoms with E-state index in [4.69, 9.17) is 23.2 Å². The molecule has 0 radical (unpaired) electrons. The first kappa shape index (κ1) is 15.8. The number of hydrogen-bond acceptors (Lipinski definition) is 2. The van der Waals surface area contributed by atoms with Crippen LogP contribution in [0.5, 0.6) is 0 Å². The predicted molar refractivity (Wildman–Crippen MR) is 76.9 cm³/mol. The van der Waals surface area contributed by atoms with E-state index in [0.29, 0.717) is 23.7 Å². The lowest BCUT2D eigenvalue weighted by molar-refractivity contribution is 0.558. The van der Waals surface area contributed by atoms with Gasteiger partial charge in [0, 0.05) is 16.9 Å². The molecule has 0 aliphatic heterocycles. The van der Waals surface area contributed by atoms with E-state index < -0.39 is 10.0 Å². The molecule has 18 heavy (non-hydrogen) atoms. The van der Waals surface area contributed by atoms with Crippen molar-refractivity contribution in [2.75, 3.05) is 11.6 Å². The van der Waals surface area contributed by atoms with Crippen LogP contribution in [-0.2, 0) is 16.4 Å². The fourth-order valence-corrected chi connectivity index (χ4v) is 3.51. The molecule has 0 bridgehead atoms. The summed E-state index contributed by atoms with van der Waals surface area (Å²) in [7, 11) is -3.24. The molecule has 1 aromatic carbocycles. The summed E-state index contributed by atoms with van der Waals surface area (Å²) in [6.07, 6.45) is 1.07. The van der Waals surface area contributed by atoms with Gasteiger partial charge in [-0.05, 0) is 37.5 Å². The third-order valence-corrected chi connectivity index (χ3v) is 4.45. The first-order chi connectivity index (χ1) is 8.43. The lowest BCUT2D eigenvalue weighted by Crippen LogP contribution is -2.35. The maximum absolute atomic E-state index is 11.7. The second-order valence-electron chi connectivity index (χ2n) is 4.21. The van der Waals surface area contributed by atoms with Gasteiger partial charge < -0.3 is 0 Å². The number of nitrogens with one attached hydrogen (secondary N) is 1. The lowest BCUT2D eigenvalue weighted by atomic mass is 10.1. The van der Waals surface area contributed by atoms with E-state index >= 15 is 0 Å². The Hall–Kier alpha value is -0.290. The lowest BCUT2D eigenvalue weighted by Gasteiger charge is -2.14. The fourth-order valence-electron chi connectivity index (χ4n) is 1.67. The second kappa shape index (κ2) is 7.34. The Balaban J connectivity index is 2.53. The molecule has 0 aliphatic rings. The molecule has 0 fully saturated rings. The van der Waals surface area contributed by atoms with E-state index in [-0.39, 0.29) is 11.8 Å². The molecule has 0 saturated carbocycles. The molecule has 0 heterocycles. The number of sulfonamides is 1. The summed E-state index contributed by atoms with van der Waals surface area (Å²) in [5.41, 5.74) is 1.01. The molecule has 0 aromatic heterocycles. The van der Waals surface area contributed by atoms with Gasteiger partial charge in [-0.25, -0.2) is 13.1 Å². The minimum Gasteiger partial charge on any atom is -0.212 e. The number of hydrogen-bond donors (Lipinski definition) is 1. The summed E-state index contributed by atoms with van der Waals surface area (Å²) in [5, 5.41) is 0.657. The molecule has 0 spiro atoms. The van der Waals surface area contributed by atoms with Crippen molar-refractivity contribution in [1.29, 1.82) is 0 Å². The molecule has 3 nitrogen and oxygen atoms in total. The Labute approximate surface area is 119 Å². The third-order valence-electron chi connectivity index (χ3n) is 2.36. The molecular weight excluding hydrogens is 293 g/mol. The van der Waals surface area contributed by atoms with Crippen LogP contribution in [0.3, 0.4) is 0 Å². The van der Waals surface area contributed by atoms with Gasteiger partial charge in [-0.3, -0.25) is 0 Å². The van der Waals surface area contributed by atoms with Gasteiger partial charge in [0.1, 0.15) is 0 Å². The second-order valence-corrected chi connectivity index (χ2v) is 6.90. The summed E-state index contributed by atoms with van der Waals surface area (Å²) < 4.78 is 26.0. The standard InChI is InChI=1S/C12H17Cl2NO2S/c1-10(15-18(16,17)7-3-6-13)8-11-4-2-5-12(14)9-11/h2,4-5,9-10,15H,3,6-8H2,1H3. The van der Waals surface area contributed by atoms with Gasteiger partial charge in [-0.2, -0.15) is 0 Å². The van der Waals surface area contributed by atoms with Crippen LogP contribution in [-0.4, -0.2) is 26.1 Å². The Morgan fingerprint density at radius 2 is 2.11 bits per heavy atom. The van der Waals surface area contributed by atoms with Crippen molar-refractivity contribution in [3.05, 3.63) is 34.9 Å². The van der Waals surface area contributed by atoms with Crippen LogP contribution in [0.15, 0.2) is 24.3 Å². The average Bonchev–Trinajstić information content (AvgIpc) is 2.25. The van der Waals surface area contributed by atoms with E-state index in [9.17, 15) is 8.42 Å². The molecule has 0 aliphatic carbocycles. The number of halogens is 2. The zero-order chi connectivity index (χ0) is 13.6. The smallest absolute Gasteiger partial charge is 0.211 e. The van der Waals surface area contributed by atoms with Crippen molar-refractivity contribution in [2.24, 2.45) is 0 Å². The Kier molecular flexibility index (Phi) is 6.43. The molecule has 1 aromatic rings. The molecular formula is C12H17Cl2NO2S. The highest BCUT2D eigenvalue weighted by Crippen LogP contribution is 2.12. The molecule has 1 rings (SSSR count). The maximum Gasteiger partial charge on any atom is 0.211 e. The zero-order valence-electron chi connectivity index (χ0n) is 10.2. The first-order valence-electron chi connectivity index (χ1n) is 5.73. The Bertz CT molecular complexity index is 477. The minimum atomic E-state index is -3.24. The monoisotopic (exact) mass is 309 g/mol. The van der Waals surface area contributed by atoms with Gasteiger partial charge >= 0.3 is 0 Å². The average molecular weight is 310 g/mol. The molecule has 6 heteroatoms. The van der Waals surface area contributed by atoms with Crippen molar-refractivity contribution >= 4 is 33.2 Å². The SMILES string of the molecule is CC(Cc1cccc(Cl)c1)NS(=O)(=O)CCCCl. The van der Waals surface area contributed by atoms with Gasteiger partial charge in [0.05, 0.1) is 5.75 Å². The minimum absolute atomic E-state index is 0.0659. The van der Waals surface area contributed by atoms with Gasteiger partial charge in [-0.1, -0.05) is 23.7 Å². The van der Waals surface area contributed by atoms with E-state index in [0.717, 1.165) is 5.56 Å². The number of rotatable bonds is 7. The van der Waals surface area contributed by atoms with Gasteiger partial charge in [-0.15, -0.1) is 11.6 Å². The summed E-state index contributed by atoms with van der Waals surface area (Å²) in [5.74, 6) is 0.417. The van der Waals surface area contributed by atoms with Crippen LogP contribution < -0.4 is 4.72 Å². The van der Waals surface area contributed by atoms with Crippen LogP contribution in [0, 0.1) is 0 Å². The van der Waals surface area contributed by atoms with E-state index in [1.807, 2.05) is 25.1 Å². The molecule has 0 saturated heterocycles. The summed E-state index contributed by atoms with van der Waals surface area (Å²) in [6, 6.07) is 7.25. The van der Waals surface area contributed by atoms with Crippen molar-refractivity contribution in [3.8, 4) is 0 Å². The first-order valence-corrected chi connectivity index (χ1v) is 8.30. The van der Waals surface area contributed by atoms with Gasteiger partial charge in [0.25, 0.3) is 0 Å². The zero-order valence-corrected chi connectivity index (χ0v) is 12.5.